The van der Waals surface area contributed by atoms with E-state index < -0.39 is 0 Å². The quantitative estimate of drug-likeness (QED) is 0.672. The summed E-state index contributed by atoms with van der Waals surface area (Å²) in [5.41, 5.74) is 4.05. The number of hydrogen-bond donors (Lipinski definition) is 1. The molecule has 2 amide bonds. The van der Waals surface area contributed by atoms with Gasteiger partial charge in [-0.05, 0) is 49.1 Å². The van der Waals surface area contributed by atoms with Gasteiger partial charge in [-0.15, -0.1) is 0 Å². The van der Waals surface area contributed by atoms with Crippen molar-refractivity contribution < 1.29 is 14.3 Å². The van der Waals surface area contributed by atoms with Crippen LogP contribution in [0, 0.1) is 0 Å². The maximum absolute atomic E-state index is 12.5. The van der Waals surface area contributed by atoms with Gasteiger partial charge in [0.1, 0.15) is 11.7 Å². The van der Waals surface area contributed by atoms with E-state index in [0.29, 0.717) is 25.3 Å². The van der Waals surface area contributed by atoms with Crippen LogP contribution in [0.1, 0.15) is 36.7 Å². The Kier molecular flexibility index (Phi) is 7.15. The van der Waals surface area contributed by atoms with Gasteiger partial charge in [-0.3, -0.25) is 19.5 Å². The Hall–Kier alpha value is -3.17. The zero-order chi connectivity index (χ0) is 24.2. The molecule has 0 aliphatic carbocycles. The zero-order valence-electron chi connectivity index (χ0n) is 20.2. The standard InChI is InChI=1S/C26H32N6O3/c1-2-19-14-23-24(30-25(19)33)13-18(15-27-23)17-31-7-9-32(10-8-31)21-3-4-22(28-16-21)26(34)29-20-5-11-35-12-6-20/h3-4,13-16,20,23H,2,5-12,17H2,1H3,(H,29,34). The lowest BCUT2D eigenvalue weighted by atomic mass is 9.98. The summed E-state index contributed by atoms with van der Waals surface area (Å²) in [7, 11) is 0. The zero-order valence-corrected chi connectivity index (χ0v) is 20.2. The second kappa shape index (κ2) is 10.6. The van der Waals surface area contributed by atoms with Crippen LogP contribution < -0.4 is 10.2 Å². The topological polar surface area (TPSA) is 99.5 Å². The number of amides is 2. The second-order valence-corrected chi connectivity index (χ2v) is 9.35. The smallest absolute Gasteiger partial charge is 0.272 e. The Morgan fingerprint density at radius 2 is 1.97 bits per heavy atom. The fourth-order valence-electron chi connectivity index (χ4n) is 4.83. The van der Waals surface area contributed by atoms with Crippen LogP contribution in [0.25, 0.3) is 0 Å². The largest absolute Gasteiger partial charge is 0.381 e. The first-order chi connectivity index (χ1) is 17.1. The van der Waals surface area contributed by atoms with Crippen LogP contribution in [0.5, 0.6) is 0 Å². The normalized spacial score (nSPS) is 23.3. The molecule has 2 fully saturated rings. The molecule has 1 N–H and O–H groups in total. The summed E-state index contributed by atoms with van der Waals surface area (Å²) in [6.07, 6.45) is 10.0. The monoisotopic (exact) mass is 476 g/mol. The van der Waals surface area contributed by atoms with Gasteiger partial charge in [0, 0.05) is 63.8 Å². The molecule has 1 atom stereocenters. The molecule has 4 aliphatic heterocycles. The molecule has 0 aromatic carbocycles. The molecule has 1 unspecified atom stereocenters. The van der Waals surface area contributed by atoms with E-state index in [-0.39, 0.29) is 23.9 Å². The number of pyridine rings is 1. The molecule has 5 rings (SSSR count). The maximum Gasteiger partial charge on any atom is 0.272 e. The van der Waals surface area contributed by atoms with E-state index in [1.807, 2.05) is 31.4 Å². The van der Waals surface area contributed by atoms with Gasteiger partial charge in [0.05, 0.1) is 17.6 Å². The summed E-state index contributed by atoms with van der Waals surface area (Å²) >= 11 is 0. The van der Waals surface area contributed by atoms with Crippen LogP contribution in [0.4, 0.5) is 5.69 Å². The molecule has 0 spiro atoms. The number of fused-ring (bicyclic) bond motifs is 1. The highest BCUT2D eigenvalue weighted by Crippen LogP contribution is 2.20. The van der Waals surface area contributed by atoms with Crippen molar-refractivity contribution >= 4 is 29.4 Å². The molecular weight excluding hydrogens is 444 g/mol. The van der Waals surface area contributed by atoms with Gasteiger partial charge in [0.25, 0.3) is 11.8 Å². The lowest BCUT2D eigenvalue weighted by Gasteiger charge is -2.36. The Balaban J connectivity index is 1.12. The SMILES string of the molecule is CCC1=CC2N=CC(CN3CCN(c4ccc(C(=O)NC5CCOCC5)nc4)CC3)=CC2=NC1=O. The Bertz CT molecular complexity index is 1080. The molecule has 9 nitrogen and oxygen atoms in total. The number of carbonyl (C=O) groups is 2. The van der Waals surface area contributed by atoms with Crippen molar-refractivity contribution in [3.63, 3.8) is 0 Å². The van der Waals surface area contributed by atoms with Crippen molar-refractivity contribution in [1.29, 1.82) is 0 Å². The second-order valence-electron chi connectivity index (χ2n) is 9.35. The molecule has 184 valence electrons. The lowest BCUT2D eigenvalue weighted by molar-refractivity contribution is -0.114. The number of hydrogen-bond acceptors (Lipinski definition) is 7. The van der Waals surface area contributed by atoms with Crippen LogP contribution >= 0.6 is 0 Å². The maximum atomic E-state index is 12.5. The van der Waals surface area contributed by atoms with Crippen molar-refractivity contribution in [2.45, 2.75) is 38.3 Å². The summed E-state index contributed by atoms with van der Waals surface area (Å²) in [4.78, 5) is 42.6. The molecule has 9 heteroatoms. The number of anilines is 1. The third kappa shape index (κ3) is 5.57. The van der Waals surface area contributed by atoms with Crippen LogP contribution in [0.3, 0.4) is 0 Å². The number of nitrogens with one attached hydrogen (secondary N) is 1. The van der Waals surface area contributed by atoms with Gasteiger partial charge in [-0.25, -0.2) is 9.98 Å². The third-order valence-electron chi connectivity index (χ3n) is 6.96. The average molecular weight is 477 g/mol. The molecule has 0 bridgehead atoms. The van der Waals surface area contributed by atoms with Gasteiger partial charge in [0.15, 0.2) is 0 Å². The van der Waals surface area contributed by atoms with Crippen molar-refractivity contribution in [3.05, 3.63) is 47.3 Å². The van der Waals surface area contributed by atoms with E-state index in [1.165, 1.54) is 0 Å². The van der Waals surface area contributed by atoms with E-state index in [4.69, 9.17) is 4.74 Å². The first-order valence-corrected chi connectivity index (χ1v) is 12.5. The summed E-state index contributed by atoms with van der Waals surface area (Å²) in [5.74, 6) is -0.260. The average Bonchev–Trinajstić information content (AvgIpc) is 2.89. The first-order valence-electron chi connectivity index (χ1n) is 12.5. The van der Waals surface area contributed by atoms with Crippen molar-refractivity contribution in [1.82, 2.24) is 15.2 Å². The van der Waals surface area contributed by atoms with Gasteiger partial charge < -0.3 is 15.0 Å². The van der Waals surface area contributed by atoms with Gasteiger partial charge in [-0.2, -0.15) is 0 Å². The minimum atomic E-state index is -0.138. The molecule has 2 saturated heterocycles. The van der Waals surface area contributed by atoms with Crippen molar-refractivity contribution in [3.8, 4) is 0 Å². The number of carbonyl (C=O) groups excluding carboxylic acids is 2. The number of dihydropyridines is 2. The minimum absolute atomic E-state index is 0.122. The molecule has 1 aromatic heterocycles. The molecule has 0 radical (unpaired) electrons. The lowest BCUT2D eigenvalue weighted by Crippen LogP contribution is -2.47. The van der Waals surface area contributed by atoms with Gasteiger partial charge in [0.2, 0.25) is 0 Å². The molecule has 35 heavy (non-hydrogen) atoms. The number of piperazine rings is 1. The number of nitrogens with zero attached hydrogens (tertiary/aromatic N) is 5. The van der Waals surface area contributed by atoms with Crippen LogP contribution in [-0.4, -0.2) is 91.6 Å². The number of rotatable bonds is 6. The highest BCUT2D eigenvalue weighted by atomic mass is 16.5. The van der Waals surface area contributed by atoms with Crippen LogP contribution in [0.15, 0.2) is 51.6 Å². The van der Waals surface area contributed by atoms with Crippen molar-refractivity contribution in [2.75, 3.05) is 50.8 Å². The predicted molar refractivity (Wildman–Crippen MR) is 135 cm³/mol. The fourth-order valence-corrected chi connectivity index (χ4v) is 4.83. The Labute approximate surface area is 205 Å². The number of aliphatic imine (C=N–C) groups is 2. The Morgan fingerprint density at radius 3 is 2.69 bits per heavy atom. The van der Waals surface area contributed by atoms with E-state index >= 15 is 0 Å². The van der Waals surface area contributed by atoms with E-state index in [2.05, 4.69) is 30.1 Å². The Morgan fingerprint density at radius 1 is 1.17 bits per heavy atom. The third-order valence-corrected chi connectivity index (χ3v) is 6.96. The summed E-state index contributed by atoms with van der Waals surface area (Å²) in [6.45, 7) is 7.71. The molecule has 5 heterocycles. The van der Waals surface area contributed by atoms with E-state index in [1.54, 1.807) is 12.3 Å². The minimum Gasteiger partial charge on any atom is -0.381 e. The molecule has 1 aromatic rings. The van der Waals surface area contributed by atoms with Crippen LogP contribution in [-0.2, 0) is 9.53 Å². The molecule has 0 saturated carbocycles. The van der Waals surface area contributed by atoms with Gasteiger partial charge in [-0.1, -0.05) is 6.92 Å². The fraction of sp³-hybridized carbons (Fsp3) is 0.500. The number of aromatic nitrogens is 1. The number of ether oxygens (including phenoxy) is 1. The highest BCUT2D eigenvalue weighted by Gasteiger charge is 2.25. The summed E-state index contributed by atoms with van der Waals surface area (Å²) < 4.78 is 5.35. The molecular formula is C26H32N6O3. The summed E-state index contributed by atoms with van der Waals surface area (Å²) in [5, 5.41) is 3.06. The van der Waals surface area contributed by atoms with E-state index in [0.717, 1.165) is 68.1 Å². The summed E-state index contributed by atoms with van der Waals surface area (Å²) in [6, 6.07) is 3.82. The first kappa shape index (κ1) is 23.6. The molecule has 4 aliphatic rings. The van der Waals surface area contributed by atoms with Crippen molar-refractivity contribution in [2.24, 2.45) is 9.98 Å². The predicted octanol–water partition coefficient (Wildman–Crippen LogP) is 1.81. The van der Waals surface area contributed by atoms with E-state index in [9.17, 15) is 9.59 Å². The van der Waals surface area contributed by atoms with Gasteiger partial charge >= 0.3 is 0 Å². The highest BCUT2D eigenvalue weighted by molar-refractivity contribution is 6.16. The van der Waals surface area contributed by atoms with Crippen LogP contribution in [0.2, 0.25) is 0 Å².